The van der Waals surface area contributed by atoms with E-state index in [-0.39, 0.29) is 35.2 Å². The maximum atomic E-state index is 12.6. The molecule has 0 saturated carbocycles. The van der Waals surface area contributed by atoms with E-state index in [1.165, 1.54) is 17.5 Å². The lowest BCUT2D eigenvalue weighted by Crippen LogP contribution is -2.39. The summed E-state index contributed by atoms with van der Waals surface area (Å²) in [6.07, 6.45) is 1.25. The van der Waals surface area contributed by atoms with Crippen LogP contribution in [0.1, 0.15) is 20.0 Å². The van der Waals surface area contributed by atoms with Crippen molar-refractivity contribution in [1.82, 2.24) is 20.3 Å². The van der Waals surface area contributed by atoms with Crippen molar-refractivity contribution in [3.8, 4) is 0 Å². The minimum Gasteiger partial charge on any atom is -0.394 e. The van der Waals surface area contributed by atoms with Gasteiger partial charge in [0.2, 0.25) is 5.28 Å². The predicted octanol–water partition coefficient (Wildman–Crippen LogP) is 2.25. The fraction of sp³-hybridized carbons (Fsp3) is 0.150. The summed E-state index contributed by atoms with van der Waals surface area (Å²) in [4.78, 5) is 37.3. The van der Waals surface area contributed by atoms with E-state index in [9.17, 15) is 14.7 Å². The van der Waals surface area contributed by atoms with Gasteiger partial charge in [-0.25, -0.2) is 9.97 Å². The van der Waals surface area contributed by atoms with Gasteiger partial charge in [0, 0.05) is 28.2 Å². The Morgan fingerprint density at radius 2 is 2.16 bits per heavy atom. The van der Waals surface area contributed by atoms with Crippen LogP contribution in [0.25, 0.3) is 21.0 Å². The first-order valence-corrected chi connectivity index (χ1v) is 10.7. The molecule has 12 heteroatoms. The Bertz CT molecular complexity index is 1410. The zero-order chi connectivity index (χ0) is 22.4. The molecule has 1 aromatic carbocycles. The number of anilines is 3. The second-order valence-corrected chi connectivity index (χ2v) is 8.52. The van der Waals surface area contributed by atoms with Crippen LogP contribution in [0.4, 0.5) is 17.3 Å². The highest BCUT2D eigenvalue weighted by molar-refractivity contribution is 7.21. The molecule has 1 atom stereocenters. The molecular formula is C20H16ClN7O3S. The first-order valence-electron chi connectivity index (χ1n) is 9.56. The lowest BCUT2D eigenvalue weighted by Gasteiger charge is -2.13. The van der Waals surface area contributed by atoms with Crippen molar-refractivity contribution in [2.45, 2.75) is 6.04 Å². The molecule has 1 aliphatic rings. The molecule has 2 amide bonds. The van der Waals surface area contributed by atoms with Crippen LogP contribution in [-0.4, -0.2) is 51.1 Å². The van der Waals surface area contributed by atoms with Crippen LogP contribution in [-0.2, 0) is 0 Å². The molecule has 162 valence electrons. The molecule has 6 N–H and O–H groups in total. The molecule has 0 unspecified atom stereocenters. The van der Waals surface area contributed by atoms with Crippen LogP contribution in [0.2, 0.25) is 5.28 Å². The highest BCUT2D eigenvalue weighted by atomic mass is 35.5. The first-order chi connectivity index (χ1) is 15.4. The largest absolute Gasteiger partial charge is 0.394 e. The normalized spacial score (nSPS) is 15.7. The van der Waals surface area contributed by atoms with Crippen LogP contribution in [0.3, 0.4) is 0 Å². The third-order valence-corrected chi connectivity index (χ3v) is 6.42. The van der Waals surface area contributed by atoms with E-state index in [0.717, 1.165) is 21.2 Å². The average molecular weight is 470 g/mol. The number of benzene rings is 1. The van der Waals surface area contributed by atoms with Gasteiger partial charge in [-0.05, 0) is 35.9 Å². The lowest BCUT2D eigenvalue weighted by atomic mass is 10.1. The Labute approximate surface area is 189 Å². The number of primary amides is 1. The molecule has 5 rings (SSSR count). The maximum Gasteiger partial charge on any atom is 0.263 e. The average Bonchev–Trinajstić information content (AvgIpc) is 3.07. The summed E-state index contributed by atoms with van der Waals surface area (Å²) in [7, 11) is 0. The zero-order valence-corrected chi connectivity index (χ0v) is 17.9. The number of fused-ring (bicyclic) bond motifs is 5. The fourth-order valence-electron chi connectivity index (χ4n) is 3.59. The van der Waals surface area contributed by atoms with E-state index in [4.69, 9.17) is 17.3 Å². The van der Waals surface area contributed by atoms with E-state index in [1.54, 1.807) is 6.07 Å². The lowest BCUT2D eigenvalue weighted by molar-refractivity contribution is 0.0928. The third kappa shape index (κ3) is 3.45. The topological polar surface area (TPSA) is 155 Å². The number of carbonyl (C=O) groups excluding carboxylic acids is 2. The predicted molar refractivity (Wildman–Crippen MR) is 123 cm³/mol. The Morgan fingerprint density at radius 3 is 2.94 bits per heavy atom. The number of amides is 2. The number of hydrogen-bond acceptors (Lipinski definition) is 9. The van der Waals surface area contributed by atoms with Crippen molar-refractivity contribution < 1.29 is 14.7 Å². The number of aliphatic hydroxyl groups is 1. The quantitative estimate of drug-likeness (QED) is 0.285. The van der Waals surface area contributed by atoms with E-state index in [0.29, 0.717) is 22.8 Å². The number of halogens is 1. The van der Waals surface area contributed by atoms with Crippen molar-refractivity contribution in [3.63, 3.8) is 0 Å². The fourth-order valence-corrected chi connectivity index (χ4v) is 4.83. The molecule has 0 spiro atoms. The summed E-state index contributed by atoms with van der Waals surface area (Å²) in [5, 5.41) is 20.2. The highest BCUT2D eigenvalue weighted by Crippen LogP contribution is 2.41. The Hall–Kier alpha value is -3.54. The van der Waals surface area contributed by atoms with Crippen LogP contribution < -0.4 is 21.7 Å². The number of nitrogens with two attached hydrogens (primary N) is 1. The van der Waals surface area contributed by atoms with Gasteiger partial charge in [0.25, 0.3) is 11.8 Å². The van der Waals surface area contributed by atoms with Crippen molar-refractivity contribution >= 4 is 73.1 Å². The highest BCUT2D eigenvalue weighted by Gasteiger charge is 2.26. The maximum absolute atomic E-state index is 12.6. The number of carbonyl (C=O) groups is 2. The molecule has 0 radical (unpaired) electrons. The van der Waals surface area contributed by atoms with E-state index in [2.05, 4.69) is 30.9 Å². The molecule has 4 aromatic rings. The summed E-state index contributed by atoms with van der Waals surface area (Å²) in [6, 6.07) is 7.01. The molecular weight excluding hydrogens is 454 g/mol. The van der Waals surface area contributed by atoms with Crippen LogP contribution in [0.15, 0.2) is 30.5 Å². The molecule has 4 heterocycles. The number of nitrogens with zero attached hydrogens (tertiary/aromatic N) is 3. The number of thiophene rings is 1. The number of aliphatic hydroxyl groups excluding tert-OH is 1. The van der Waals surface area contributed by atoms with Crippen molar-refractivity contribution in [2.24, 2.45) is 5.73 Å². The Balaban J connectivity index is 1.59. The minimum absolute atomic E-state index is 0.0356. The van der Waals surface area contributed by atoms with E-state index >= 15 is 0 Å². The zero-order valence-electron chi connectivity index (χ0n) is 16.3. The van der Waals surface area contributed by atoms with Crippen LogP contribution in [0, 0.1) is 0 Å². The van der Waals surface area contributed by atoms with Gasteiger partial charge in [-0.2, -0.15) is 4.98 Å². The van der Waals surface area contributed by atoms with Gasteiger partial charge in [-0.1, -0.05) is 0 Å². The van der Waals surface area contributed by atoms with Gasteiger partial charge in [0.05, 0.1) is 23.9 Å². The SMILES string of the molecule is NC(=O)c1cnc(Cl)nc1Nc1ccc2c(ccc3sc4c(c32)NC[C@H](CO)NC4=O)n1. The Kier molecular flexibility index (Phi) is 5.00. The molecule has 1 aliphatic heterocycles. The molecule has 32 heavy (non-hydrogen) atoms. The molecule has 0 aliphatic carbocycles. The van der Waals surface area contributed by atoms with Crippen molar-refractivity contribution in [2.75, 3.05) is 23.8 Å². The van der Waals surface area contributed by atoms with Gasteiger partial charge < -0.3 is 26.8 Å². The summed E-state index contributed by atoms with van der Waals surface area (Å²) in [6.45, 7) is 0.262. The van der Waals surface area contributed by atoms with Crippen LogP contribution >= 0.6 is 22.9 Å². The molecule has 0 saturated heterocycles. The first kappa shape index (κ1) is 20.4. The number of nitrogens with one attached hydrogen (secondary N) is 3. The van der Waals surface area contributed by atoms with E-state index in [1.807, 2.05) is 18.2 Å². The van der Waals surface area contributed by atoms with Crippen LogP contribution in [0.5, 0.6) is 0 Å². The second kappa shape index (κ2) is 7.86. The summed E-state index contributed by atoms with van der Waals surface area (Å²) in [5.74, 6) is -0.327. The Morgan fingerprint density at radius 1 is 1.31 bits per heavy atom. The molecule has 3 aromatic heterocycles. The smallest absolute Gasteiger partial charge is 0.263 e. The standard InChI is InChI=1S/C20H16ClN7O3S/c21-20-24-6-10(17(22)30)18(28-20)27-13-4-1-9-11(26-13)2-3-12-14(9)15-16(32-12)19(31)25-8(7-29)5-23-15/h1-4,6,8,23,29H,5,7H2,(H2,22,30)(H,25,31)(H,24,26,27,28)/t8-/m1/s1. The monoisotopic (exact) mass is 469 g/mol. The van der Waals surface area contributed by atoms with E-state index < -0.39 is 5.91 Å². The molecule has 0 bridgehead atoms. The molecule has 0 fully saturated rings. The van der Waals surface area contributed by atoms with Gasteiger partial charge in [-0.15, -0.1) is 11.3 Å². The number of rotatable bonds is 4. The number of pyridine rings is 1. The number of aromatic nitrogens is 3. The second-order valence-electron chi connectivity index (χ2n) is 7.13. The third-order valence-electron chi connectivity index (χ3n) is 5.08. The number of hydrogen-bond donors (Lipinski definition) is 5. The van der Waals surface area contributed by atoms with Crippen molar-refractivity contribution in [3.05, 3.63) is 46.2 Å². The van der Waals surface area contributed by atoms with Gasteiger partial charge >= 0.3 is 0 Å². The van der Waals surface area contributed by atoms with Gasteiger partial charge in [0.1, 0.15) is 22.1 Å². The summed E-state index contributed by atoms with van der Waals surface area (Å²) < 4.78 is 0.939. The minimum atomic E-state index is -0.696. The van der Waals surface area contributed by atoms with Crippen molar-refractivity contribution in [1.29, 1.82) is 0 Å². The summed E-state index contributed by atoms with van der Waals surface area (Å²) >= 11 is 7.24. The summed E-state index contributed by atoms with van der Waals surface area (Å²) in [5.41, 5.74) is 6.88. The van der Waals surface area contributed by atoms with Gasteiger partial charge in [-0.3, -0.25) is 9.59 Å². The van der Waals surface area contributed by atoms with Gasteiger partial charge in [0.15, 0.2) is 0 Å². The molecule has 10 nitrogen and oxygen atoms in total.